The molecule has 0 spiro atoms. The molecule has 0 unspecified atom stereocenters. The number of rotatable bonds is 5. The molecule has 0 aliphatic carbocycles. The second kappa shape index (κ2) is 6.74. The normalized spacial score (nSPS) is 17.6. The van der Waals surface area contributed by atoms with Gasteiger partial charge in [0.25, 0.3) is 0 Å². The van der Waals surface area contributed by atoms with E-state index in [0.29, 0.717) is 32.4 Å². The Kier molecular flexibility index (Phi) is 5.00. The lowest BCUT2D eigenvalue weighted by molar-refractivity contribution is 0.320. The number of hydrogen-bond donors (Lipinski definition) is 0. The minimum atomic E-state index is -3.22. The lowest BCUT2D eigenvalue weighted by atomic mass is 10.1. The predicted octanol–water partition coefficient (Wildman–Crippen LogP) is 2.33. The molecule has 0 radical (unpaired) electrons. The summed E-state index contributed by atoms with van der Waals surface area (Å²) in [5.74, 6) is 0.128. The van der Waals surface area contributed by atoms with Crippen molar-refractivity contribution < 1.29 is 8.42 Å². The van der Waals surface area contributed by atoms with Crippen molar-refractivity contribution in [1.82, 2.24) is 4.31 Å². The van der Waals surface area contributed by atoms with Gasteiger partial charge in [-0.3, -0.25) is 0 Å². The second-order valence-corrected chi connectivity index (χ2v) is 6.98. The molecule has 0 saturated carbocycles. The molecule has 1 aromatic rings. The Bertz CT molecular complexity index is 574. The number of azide groups is 1. The van der Waals surface area contributed by atoms with Crippen LogP contribution in [0.4, 0.5) is 0 Å². The molecule has 7 heteroatoms. The van der Waals surface area contributed by atoms with Crippen LogP contribution in [-0.2, 0) is 16.4 Å². The smallest absolute Gasteiger partial charge is 0.212 e. The molecule has 0 atom stereocenters. The summed E-state index contributed by atoms with van der Waals surface area (Å²) >= 11 is 0. The Morgan fingerprint density at radius 1 is 1.25 bits per heavy atom. The monoisotopic (exact) mass is 294 g/mol. The van der Waals surface area contributed by atoms with Crippen LogP contribution < -0.4 is 0 Å². The first-order valence-electron chi connectivity index (χ1n) is 6.68. The lowest BCUT2D eigenvalue weighted by Gasteiger charge is -2.29. The van der Waals surface area contributed by atoms with Gasteiger partial charge in [-0.2, -0.15) is 0 Å². The van der Waals surface area contributed by atoms with Crippen molar-refractivity contribution in [3.05, 3.63) is 46.3 Å². The summed E-state index contributed by atoms with van der Waals surface area (Å²) in [6, 6.07) is 9.53. The lowest BCUT2D eigenvalue weighted by Crippen LogP contribution is -2.41. The fraction of sp³-hybridized carbons (Fsp3) is 0.538. The summed E-state index contributed by atoms with van der Waals surface area (Å²) in [7, 11) is -3.22. The number of sulfonamides is 1. The zero-order valence-corrected chi connectivity index (χ0v) is 12.0. The second-order valence-electron chi connectivity index (χ2n) is 4.89. The van der Waals surface area contributed by atoms with E-state index in [-0.39, 0.29) is 11.8 Å². The van der Waals surface area contributed by atoms with Gasteiger partial charge < -0.3 is 0 Å². The average Bonchev–Trinajstić information content (AvgIpc) is 2.47. The van der Waals surface area contributed by atoms with E-state index in [1.165, 1.54) is 4.31 Å². The Hall–Kier alpha value is -1.56. The Morgan fingerprint density at radius 3 is 2.50 bits per heavy atom. The zero-order chi connectivity index (χ0) is 14.4. The summed E-state index contributed by atoms with van der Waals surface area (Å²) in [6.07, 6.45) is 1.74. The van der Waals surface area contributed by atoms with Crippen molar-refractivity contribution in [3.8, 4) is 0 Å². The van der Waals surface area contributed by atoms with Gasteiger partial charge in [-0.05, 0) is 30.4 Å². The maximum absolute atomic E-state index is 12.2. The van der Waals surface area contributed by atoms with E-state index in [0.717, 1.165) is 5.56 Å². The molecule has 1 aliphatic heterocycles. The minimum Gasteiger partial charge on any atom is -0.212 e. The summed E-state index contributed by atoms with van der Waals surface area (Å²) in [5.41, 5.74) is 9.41. The molecule has 1 aliphatic rings. The molecular weight excluding hydrogens is 276 g/mol. The largest absolute Gasteiger partial charge is 0.214 e. The summed E-state index contributed by atoms with van der Waals surface area (Å²) < 4.78 is 26.0. The quantitative estimate of drug-likeness (QED) is 0.474. The van der Waals surface area contributed by atoms with Gasteiger partial charge in [-0.1, -0.05) is 35.4 Å². The van der Waals surface area contributed by atoms with Crippen molar-refractivity contribution in [2.45, 2.75) is 25.3 Å². The van der Waals surface area contributed by atoms with Crippen LogP contribution in [0.1, 0.15) is 18.4 Å². The molecule has 1 fully saturated rings. The van der Waals surface area contributed by atoms with Gasteiger partial charge in [0, 0.05) is 24.0 Å². The van der Waals surface area contributed by atoms with Crippen LogP contribution in [0.25, 0.3) is 10.4 Å². The zero-order valence-electron chi connectivity index (χ0n) is 11.2. The van der Waals surface area contributed by atoms with Gasteiger partial charge in [0.2, 0.25) is 10.0 Å². The van der Waals surface area contributed by atoms with Gasteiger partial charge in [-0.25, -0.2) is 12.7 Å². The Balaban J connectivity index is 1.90. The van der Waals surface area contributed by atoms with Crippen molar-refractivity contribution >= 4 is 10.0 Å². The molecule has 1 saturated heterocycles. The molecule has 0 N–H and O–H groups in total. The van der Waals surface area contributed by atoms with Crippen molar-refractivity contribution in [2.24, 2.45) is 5.11 Å². The van der Waals surface area contributed by atoms with Gasteiger partial charge >= 0.3 is 0 Å². The van der Waals surface area contributed by atoms with Gasteiger partial charge in [0.05, 0.1) is 5.75 Å². The summed E-state index contributed by atoms with van der Waals surface area (Å²) in [5, 5.41) is 3.65. The standard InChI is InChI=1S/C13H18N4O2S/c14-16-15-13-6-9-17(10-7-13)20(18,19)11-8-12-4-2-1-3-5-12/h1-5,13H,6-11H2. The van der Waals surface area contributed by atoms with Crippen LogP contribution in [0, 0.1) is 0 Å². The maximum atomic E-state index is 12.2. The van der Waals surface area contributed by atoms with E-state index in [1.54, 1.807) is 0 Å². The fourth-order valence-corrected chi connectivity index (χ4v) is 3.85. The van der Waals surface area contributed by atoms with E-state index >= 15 is 0 Å². The number of benzene rings is 1. The average molecular weight is 294 g/mol. The minimum absolute atomic E-state index is 0.0689. The molecule has 1 heterocycles. The number of aryl methyl sites for hydroxylation is 1. The van der Waals surface area contributed by atoms with Crippen LogP contribution in [0.15, 0.2) is 35.4 Å². The molecule has 108 valence electrons. The highest BCUT2D eigenvalue weighted by molar-refractivity contribution is 7.89. The number of piperidine rings is 1. The van der Waals surface area contributed by atoms with Crippen LogP contribution in [0.3, 0.4) is 0 Å². The highest BCUT2D eigenvalue weighted by atomic mass is 32.2. The molecule has 20 heavy (non-hydrogen) atoms. The number of nitrogens with zero attached hydrogens (tertiary/aromatic N) is 4. The van der Waals surface area contributed by atoms with Crippen LogP contribution in [0.2, 0.25) is 0 Å². The Labute approximate surface area is 119 Å². The summed E-state index contributed by atoms with van der Waals surface area (Å²) in [4.78, 5) is 2.78. The van der Waals surface area contributed by atoms with Crippen molar-refractivity contribution in [1.29, 1.82) is 0 Å². The van der Waals surface area contributed by atoms with E-state index in [2.05, 4.69) is 10.0 Å². The maximum Gasteiger partial charge on any atom is 0.214 e. The van der Waals surface area contributed by atoms with Crippen LogP contribution in [0.5, 0.6) is 0 Å². The third kappa shape index (κ3) is 3.96. The van der Waals surface area contributed by atoms with E-state index in [1.807, 2.05) is 30.3 Å². The van der Waals surface area contributed by atoms with Crippen LogP contribution >= 0.6 is 0 Å². The molecule has 0 amide bonds. The van der Waals surface area contributed by atoms with Crippen molar-refractivity contribution in [3.63, 3.8) is 0 Å². The van der Waals surface area contributed by atoms with Gasteiger partial charge in [0.15, 0.2) is 0 Å². The first kappa shape index (κ1) is 14.8. The number of hydrogen-bond acceptors (Lipinski definition) is 3. The highest BCUT2D eigenvalue weighted by Gasteiger charge is 2.27. The molecule has 0 bridgehead atoms. The highest BCUT2D eigenvalue weighted by Crippen LogP contribution is 2.17. The molecule has 6 nitrogen and oxygen atoms in total. The Morgan fingerprint density at radius 2 is 1.90 bits per heavy atom. The van der Waals surface area contributed by atoms with Crippen molar-refractivity contribution in [2.75, 3.05) is 18.8 Å². The van der Waals surface area contributed by atoms with E-state index < -0.39 is 10.0 Å². The van der Waals surface area contributed by atoms with E-state index in [4.69, 9.17) is 5.53 Å². The SMILES string of the molecule is [N-]=[N+]=NC1CCN(S(=O)(=O)CCc2ccccc2)CC1. The molecule has 2 rings (SSSR count). The summed E-state index contributed by atoms with van der Waals surface area (Å²) in [6.45, 7) is 0.890. The predicted molar refractivity (Wildman–Crippen MR) is 77.7 cm³/mol. The third-order valence-corrected chi connectivity index (χ3v) is 5.40. The first-order valence-corrected chi connectivity index (χ1v) is 8.29. The van der Waals surface area contributed by atoms with Gasteiger partial charge in [-0.15, -0.1) is 0 Å². The van der Waals surface area contributed by atoms with Gasteiger partial charge in [0.1, 0.15) is 0 Å². The molecule has 0 aromatic heterocycles. The fourth-order valence-electron chi connectivity index (χ4n) is 2.33. The first-order chi connectivity index (χ1) is 9.62. The molecular formula is C13H18N4O2S. The molecule has 1 aromatic carbocycles. The van der Waals surface area contributed by atoms with E-state index in [9.17, 15) is 8.42 Å². The third-order valence-electron chi connectivity index (χ3n) is 3.52. The topological polar surface area (TPSA) is 86.1 Å². The van der Waals surface area contributed by atoms with Crippen LogP contribution in [-0.4, -0.2) is 37.6 Å².